The van der Waals surface area contributed by atoms with E-state index in [1.54, 1.807) is 0 Å². The average molecular weight is 130 g/mol. The Kier molecular flexibility index (Phi) is 1.78. The van der Waals surface area contributed by atoms with E-state index in [0.29, 0.717) is 0 Å². The van der Waals surface area contributed by atoms with Gasteiger partial charge in [-0.15, -0.1) is 0 Å². The van der Waals surface area contributed by atoms with E-state index in [4.69, 9.17) is 9.84 Å². The first-order valence-corrected chi connectivity index (χ1v) is 3.48. The van der Waals surface area contributed by atoms with Crippen LogP contribution in [0.4, 0.5) is 0 Å². The fourth-order valence-electron chi connectivity index (χ4n) is 0.884. The zero-order valence-corrected chi connectivity index (χ0v) is 6.05. The standard InChI is InChI=1S/C7H14O2/c1-3-6(8)4-7(2)5-9-7/h6,8H,3-5H2,1-2H3. The van der Waals surface area contributed by atoms with Crippen molar-refractivity contribution in [1.29, 1.82) is 0 Å². The van der Waals surface area contributed by atoms with Crippen molar-refractivity contribution >= 4 is 0 Å². The van der Waals surface area contributed by atoms with E-state index in [1.807, 2.05) is 13.8 Å². The minimum Gasteiger partial charge on any atom is -0.393 e. The van der Waals surface area contributed by atoms with Crippen LogP contribution in [0.2, 0.25) is 0 Å². The lowest BCUT2D eigenvalue weighted by Crippen LogP contribution is -2.16. The molecule has 1 fully saturated rings. The summed E-state index contributed by atoms with van der Waals surface area (Å²) in [5.74, 6) is 0. The lowest BCUT2D eigenvalue weighted by molar-refractivity contribution is 0.126. The minimum absolute atomic E-state index is 0.0232. The molecule has 2 unspecified atom stereocenters. The van der Waals surface area contributed by atoms with Gasteiger partial charge in [0, 0.05) is 6.42 Å². The molecule has 0 aromatic carbocycles. The molecule has 54 valence electrons. The number of epoxide rings is 1. The molecule has 2 nitrogen and oxygen atoms in total. The maximum atomic E-state index is 9.15. The van der Waals surface area contributed by atoms with Crippen molar-refractivity contribution in [1.82, 2.24) is 0 Å². The highest BCUT2D eigenvalue weighted by Gasteiger charge is 2.40. The molecule has 0 amide bonds. The second kappa shape index (κ2) is 2.27. The number of aliphatic hydroxyl groups excluding tert-OH is 1. The van der Waals surface area contributed by atoms with E-state index in [2.05, 4.69) is 0 Å². The van der Waals surface area contributed by atoms with Crippen molar-refractivity contribution in [3.05, 3.63) is 0 Å². The monoisotopic (exact) mass is 130 g/mol. The predicted molar refractivity (Wildman–Crippen MR) is 35.3 cm³/mol. The lowest BCUT2D eigenvalue weighted by atomic mass is 10.0. The van der Waals surface area contributed by atoms with E-state index >= 15 is 0 Å². The molecule has 0 spiro atoms. The highest BCUT2D eigenvalue weighted by molar-refractivity contribution is 4.88. The van der Waals surface area contributed by atoms with E-state index in [9.17, 15) is 0 Å². The largest absolute Gasteiger partial charge is 0.393 e. The molecule has 0 saturated carbocycles. The van der Waals surface area contributed by atoms with Gasteiger partial charge < -0.3 is 9.84 Å². The second-order valence-corrected chi connectivity index (χ2v) is 3.00. The number of hydrogen-bond acceptors (Lipinski definition) is 2. The Morgan fingerprint density at radius 1 is 1.78 bits per heavy atom. The Hall–Kier alpha value is -0.0800. The molecule has 1 aliphatic rings. The Labute approximate surface area is 55.8 Å². The lowest BCUT2D eigenvalue weighted by Gasteiger charge is -2.09. The Morgan fingerprint density at radius 3 is 2.67 bits per heavy atom. The van der Waals surface area contributed by atoms with E-state index < -0.39 is 0 Å². The molecular weight excluding hydrogens is 116 g/mol. The molecule has 1 aliphatic heterocycles. The zero-order valence-electron chi connectivity index (χ0n) is 6.05. The molecule has 0 aromatic heterocycles. The summed E-state index contributed by atoms with van der Waals surface area (Å²) < 4.78 is 5.11. The summed E-state index contributed by atoms with van der Waals surface area (Å²) in [4.78, 5) is 0. The molecule has 0 radical (unpaired) electrons. The number of hydrogen-bond donors (Lipinski definition) is 1. The molecule has 1 heterocycles. The summed E-state index contributed by atoms with van der Waals surface area (Å²) >= 11 is 0. The summed E-state index contributed by atoms with van der Waals surface area (Å²) in [5.41, 5.74) is 0.0232. The topological polar surface area (TPSA) is 32.8 Å². The molecule has 1 N–H and O–H groups in total. The quantitative estimate of drug-likeness (QED) is 0.576. The van der Waals surface area contributed by atoms with Crippen LogP contribution in [-0.2, 0) is 4.74 Å². The Bertz CT molecular complexity index is 97.1. The third kappa shape index (κ3) is 1.95. The van der Waals surface area contributed by atoms with Crippen LogP contribution >= 0.6 is 0 Å². The van der Waals surface area contributed by atoms with E-state index in [0.717, 1.165) is 19.4 Å². The number of rotatable bonds is 3. The van der Waals surface area contributed by atoms with Crippen LogP contribution in [0.25, 0.3) is 0 Å². The van der Waals surface area contributed by atoms with Gasteiger partial charge in [0.1, 0.15) is 0 Å². The van der Waals surface area contributed by atoms with Crippen LogP contribution in [-0.4, -0.2) is 23.4 Å². The smallest absolute Gasteiger partial charge is 0.0913 e. The van der Waals surface area contributed by atoms with E-state index in [1.165, 1.54) is 0 Å². The van der Waals surface area contributed by atoms with Gasteiger partial charge in [0.05, 0.1) is 18.3 Å². The van der Waals surface area contributed by atoms with Crippen molar-refractivity contribution < 1.29 is 9.84 Å². The number of aliphatic hydroxyl groups is 1. The molecule has 2 heteroatoms. The Balaban J connectivity index is 2.17. The maximum absolute atomic E-state index is 9.15. The van der Waals surface area contributed by atoms with Gasteiger partial charge in [-0.3, -0.25) is 0 Å². The normalized spacial score (nSPS) is 36.3. The van der Waals surface area contributed by atoms with Gasteiger partial charge in [0.2, 0.25) is 0 Å². The summed E-state index contributed by atoms with van der Waals surface area (Å²) in [5, 5.41) is 9.15. The Morgan fingerprint density at radius 2 is 2.33 bits per heavy atom. The fourth-order valence-corrected chi connectivity index (χ4v) is 0.884. The van der Waals surface area contributed by atoms with Crippen LogP contribution in [0, 0.1) is 0 Å². The minimum atomic E-state index is -0.169. The van der Waals surface area contributed by atoms with Crippen LogP contribution in [0.1, 0.15) is 26.7 Å². The third-order valence-electron chi connectivity index (χ3n) is 1.78. The van der Waals surface area contributed by atoms with Crippen molar-refractivity contribution in [3.8, 4) is 0 Å². The molecule has 2 atom stereocenters. The molecule has 1 rings (SSSR count). The van der Waals surface area contributed by atoms with Crippen LogP contribution < -0.4 is 0 Å². The summed E-state index contributed by atoms with van der Waals surface area (Å²) in [6.45, 7) is 4.84. The first-order chi connectivity index (χ1) is 4.16. The second-order valence-electron chi connectivity index (χ2n) is 3.00. The van der Waals surface area contributed by atoms with Gasteiger partial charge in [-0.05, 0) is 13.3 Å². The summed E-state index contributed by atoms with van der Waals surface area (Å²) in [7, 11) is 0. The molecular formula is C7H14O2. The van der Waals surface area contributed by atoms with Crippen molar-refractivity contribution in [2.45, 2.75) is 38.4 Å². The first kappa shape index (κ1) is 7.03. The van der Waals surface area contributed by atoms with Gasteiger partial charge in [0.25, 0.3) is 0 Å². The average Bonchev–Trinajstić information content (AvgIpc) is 2.48. The highest BCUT2D eigenvalue weighted by atomic mass is 16.6. The van der Waals surface area contributed by atoms with Gasteiger partial charge in [-0.1, -0.05) is 6.92 Å². The van der Waals surface area contributed by atoms with Crippen LogP contribution in [0.15, 0.2) is 0 Å². The molecule has 9 heavy (non-hydrogen) atoms. The van der Waals surface area contributed by atoms with Gasteiger partial charge in [-0.25, -0.2) is 0 Å². The molecule has 0 aromatic rings. The van der Waals surface area contributed by atoms with Crippen LogP contribution in [0.5, 0.6) is 0 Å². The zero-order chi connectivity index (χ0) is 6.91. The fraction of sp³-hybridized carbons (Fsp3) is 1.00. The SMILES string of the molecule is CCC(O)CC1(C)CO1. The van der Waals surface area contributed by atoms with Crippen molar-refractivity contribution in [2.75, 3.05) is 6.61 Å². The number of ether oxygens (including phenoxy) is 1. The molecule has 0 bridgehead atoms. The molecule has 0 aliphatic carbocycles. The van der Waals surface area contributed by atoms with Crippen LogP contribution in [0.3, 0.4) is 0 Å². The predicted octanol–water partition coefficient (Wildman–Crippen LogP) is 0.936. The summed E-state index contributed by atoms with van der Waals surface area (Å²) in [6, 6.07) is 0. The van der Waals surface area contributed by atoms with Gasteiger partial charge in [-0.2, -0.15) is 0 Å². The summed E-state index contributed by atoms with van der Waals surface area (Å²) in [6.07, 6.45) is 1.46. The van der Waals surface area contributed by atoms with Crippen molar-refractivity contribution in [3.63, 3.8) is 0 Å². The molecule has 1 saturated heterocycles. The van der Waals surface area contributed by atoms with Gasteiger partial charge >= 0.3 is 0 Å². The first-order valence-electron chi connectivity index (χ1n) is 3.48. The van der Waals surface area contributed by atoms with E-state index in [-0.39, 0.29) is 11.7 Å². The maximum Gasteiger partial charge on any atom is 0.0913 e. The highest BCUT2D eigenvalue weighted by Crippen LogP contribution is 2.31. The van der Waals surface area contributed by atoms with Crippen molar-refractivity contribution in [2.24, 2.45) is 0 Å². The third-order valence-corrected chi connectivity index (χ3v) is 1.78. The van der Waals surface area contributed by atoms with Gasteiger partial charge in [0.15, 0.2) is 0 Å².